The highest BCUT2D eigenvalue weighted by Crippen LogP contribution is 2.45. The maximum atomic E-state index is 15.0. The fourth-order valence-corrected chi connectivity index (χ4v) is 7.37. The van der Waals surface area contributed by atoms with Crippen LogP contribution >= 0.6 is 0 Å². The molecular weight excluding hydrogens is 615 g/mol. The van der Waals surface area contributed by atoms with E-state index in [1.54, 1.807) is 6.07 Å². The third-order valence-corrected chi connectivity index (χ3v) is 9.60. The second-order valence-corrected chi connectivity index (χ2v) is 12.3. The lowest BCUT2D eigenvalue weighted by Gasteiger charge is -2.23. The molecule has 1 aliphatic heterocycles. The second-order valence-electron chi connectivity index (χ2n) is 12.3. The van der Waals surface area contributed by atoms with E-state index in [1.165, 1.54) is 4.90 Å². The van der Waals surface area contributed by atoms with E-state index in [9.17, 15) is 14.9 Å². The standard InChI is InChI=1S/C45H27N3O2/c46-28-32-17-7-8-18-33(32)31-25-26-37-36-19-9-10-23-39(36)47(41(37)27-31)40-24-12-22-38-42(40)45(50)48(44(38)49)43-34(29-13-3-1-4-14-29)20-11-21-35(43)30-15-5-2-6-16-30/h1-27H. The number of amides is 2. The van der Waals surface area contributed by atoms with Crippen molar-refractivity contribution in [1.82, 2.24) is 4.57 Å². The Hall–Kier alpha value is -7.03. The molecule has 0 radical (unpaired) electrons. The van der Waals surface area contributed by atoms with Gasteiger partial charge in [-0.15, -0.1) is 0 Å². The maximum Gasteiger partial charge on any atom is 0.268 e. The van der Waals surface area contributed by atoms with Gasteiger partial charge in [0.2, 0.25) is 0 Å². The lowest BCUT2D eigenvalue weighted by atomic mass is 9.95. The molecule has 1 aliphatic rings. The van der Waals surface area contributed by atoms with Crippen LogP contribution in [0.25, 0.3) is 60.9 Å². The molecular formula is C45H27N3O2. The van der Waals surface area contributed by atoms with E-state index in [0.29, 0.717) is 28.1 Å². The Labute approximate surface area is 288 Å². The molecule has 2 amide bonds. The van der Waals surface area contributed by atoms with Gasteiger partial charge in [-0.3, -0.25) is 9.59 Å². The first-order valence-corrected chi connectivity index (χ1v) is 16.4. The van der Waals surface area contributed by atoms with Gasteiger partial charge in [0, 0.05) is 21.9 Å². The molecule has 0 atom stereocenters. The molecule has 0 saturated heterocycles. The summed E-state index contributed by atoms with van der Waals surface area (Å²) in [6, 6.07) is 55.3. The van der Waals surface area contributed by atoms with Crippen molar-refractivity contribution in [3.8, 4) is 45.1 Å². The summed E-state index contributed by atoms with van der Waals surface area (Å²) in [5.41, 5.74) is 9.37. The Morgan fingerprint density at radius 1 is 0.460 bits per heavy atom. The summed E-state index contributed by atoms with van der Waals surface area (Å²) >= 11 is 0. The second kappa shape index (κ2) is 11.6. The number of hydrogen-bond acceptors (Lipinski definition) is 3. The van der Waals surface area contributed by atoms with E-state index < -0.39 is 0 Å². The summed E-state index contributed by atoms with van der Waals surface area (Å²) in [6.07, 6.45) is 0. The van der Waals surface area contributed by atoms with Crippen LogP contribution in [0.4, 0.5) is 5.69 Å². The smallest absolute Gasteiger partial charge is 0.268 e. The third kappa shape index (κ3) is 4.40. The summed E-state index contributed by atoms with van der Waals surface area (Å²) in [5.74, 6) is -0.741. The monoisotopic (exact) mass is 641 g/mol. The van der Waals surface area contributed by atoms with Crippen molar-refractivity contribution in [2.75, 3.05) is 4.90 Å². The van der Waals surface area contributed by atoms with E-state index >= 15 is 0 Å². The molecule has 5 nitrogen and oxygen atoms in total. The molecule has 9 rings (SSSR count). The normalized spacial score (nSPS) is 12.4. The molecule has 234 valence electrons. The summed E-state index contributed by atoms with van der Waals surface area (Å²) < 4.78 is 2.08. The Kier molecular flexibility index (Phi) is 6.75. The SMILES string of the molecule is N#Cc1ccccc1-c1ccc2c3ccccc3n(-c3cccc4c3C(=O)N(c3c(-c5ccccc5)cccc3-c3ccccc3)C4=O)c2c1. The molecule has 2 heterocycles. The number of imide groups is 1. The van der Waals surface area contributed by atoms with Gasteiger partial charge in [-0.2, -0.15) is 5.26 Å². The Morgan fingerprint density at radius 2 is 1.04 bits per heavy atom. The molecule has 1 aromatic heterocycles. The van der Waals surface area contributed by atoms with Crippen LogP contribution in [0.3, 0.4) is 0 Å². The zero-order chi connectivity index (χ0) is 33.8. The van der Waals surface area contributed by atoms with Crippen molar-refractivity contribution >= 4 is 39.3 Å². The number of aromatic nitrogens is 1. The van der Waals surface area contributed by atoms with Crippen molar-refractivity contribution in [3.05, 3.63) is 180 Å². The van der Waals surface area contributed by atoms with Gasteiger partial charge in [0.05, 0.1) is 45.2 Å². The number of fused-ring (bicyclic) bond motifs is 4. The quantitative estimate of drug-likeness (QED) is 0.176. The number of para-hydroxylation sites is 2. The topological polar surface area (TPSA) is 66.1 Å². The minimum Gasteiger partial charge on any atom is -0.308 e. The first-order valence-electron chi connectivity index (χ1n) is 16.4. The highest BCUT2D eigenvalue weighted by molar-refractivity contribution is 6.37. The maximum absolute atomic E-state index is 15.0. The van der Waals surface area contributed by atoms with E-state index in [2.05, 4.69) is 28.8 Å². The lowest BCUT2D eigenvalue weighted by Crippen LogP contribution is -2.30. The minimum atomic E-state index is -0.377. The number of carbonyl (C=O) groups excluding carboxylic acids is 2. The van der Waals surface area contributed by atoms with Crippen molar-refractivity contribution in [2.24, 2.45) is 0 Å². The minimum absolute atomic E-state index is 0.352. The predicted octanol–water partition coefficient (Wildman–Crippen LogP) is 10.5. The molecule has 0 N–H and O–H groups in total. The zero-order valence-corrected chi connectivity index (χ0v) is 26.7. The molecule has 50 heavy (non-hydrogen) atoms. The number of nitrogens with zero attached hydrogens (tertiary/aromatic N) is 3. The Bertz CT molecular complexity index is 2640. The molecule has 5 heteroatoms. The predicted molar refractivity (Wildman–Crippen MR) is 199 cm³/mol. The van der Waals surface area contributed by atoms with Gasteiger partial charge in [-0.1, -0.05) is 133 Å². The Morgan fingerprint density at radius 3 is 1.76 bits per heavy atom. The summed E-state index contributed by atoms with van der Waals surface area (Å²) in [5, 5.41) is 11.9. The van der Waals surface area contributed by atoms with Gasteiger partial charge < -0.3 is 4.57 Å². The van der Waals surface area contributed by atoms with Gasteiger partial charge in [-0.25, -0.2) is 4.90 Å². The number of nitriles is 1. The molecule has 0 spiro atoms. The van der Waals surface area contributed by atoms with Gasteiger partial charge in [0.25, 0.3) is 11.8 Å². The fourth-order valence-electron chi connectivity index (χ4n) is 7.37. The van der Waals surface area contributed by atoms with Crippen LogP contribution in [0.1, 0.15) is 26.3 Å². The van der Waals surface area contributed by atoms with Crippen LogP contribution in [-0.4, -0.2) is 16.4 Å². The van der Waals surface area contributed by atoms with Crippen LogP contribution in [0.15, 0.2) is 164 Å². The van der Waals surface area contributed by atoms with Gasteiger partial charge in [0.15, 0.2) is 0 Å². The average Bonchev–Trinajstić information content (AvgIpc) is 3.65. The summed E-state index contributed by atoms with van der Waals surface area (Å²) in [7, 11) is 0. The van der Waals surface area contributed by atoms with E-state index in [1.807, 2.05) is 140 Å². The van der Waals surface area contributed by atoms with Gasteiger partial charge in [-0.05, 0) is 52.6 Å². The number of carbonyl (C=O) groups is 2. The van der Waals surface area contributed by atoms with Crippen LogP contribution in [0.2, 0.25) is 0 Å². The molecule has 0 aliphatic carbocycles. The van der Waals surface area contributed by atoms with Crippen molar-refractivity contribution in [3.63, 3.8) is 0 Å². The largest absolute Gasteiger partial charge is 0.308 e. The molecule has 0 saturated carbocycles. The first kappa shape index (κ1) is 29.1. The molecule has 0 bridgehead atoms. The number of rotatable bonds is 5. The van der Waals surface area contributed by atoms with Gasteiger partial charge >= 0.3 is 0 Å². The van der Waals surface area contributed by atoms with E-state index in [4.69, 9.17) is 0 Å². The van der Waals surface area contributed by atoms with Crippen LogP contribution < -0.4 is 4.90 Å². The highest BCUT2D eigenvalue weighted by atomic mass is 16.2. The van der Waals surface area contributed by atoms with Crippen LogP contribution in [-0.2, 0) is 0 Å². The molecule has 0 unspecified atom stereocenters. The van der Waals surface area contributed by atoms with Crippen molar-refractivity contribution in [1.29, 1.82) is 5.26 Å². The third-order valence-electron chi connectivity index (χ3n) is 9.60. The van der Waals surface area contributed by atoms with Crippen LogP contribution in [0.5, 0.6) is 0 Å². The number of anilines is 1. The first-order chi connectivity index (χ1) is 24.6. The van der Waals surface area contributed by atoms with Crippen molar-refractivity contribution < 1.29 is 9.59 Å². The van der Waals surface area contributed by atoms with Crippen LogP contribution in [0, 0.1) is 11.3 Å². The average molecular weight is 642 g/mol. The lowest BCUT2D eigenvalue weighted by molar-refractivity contribution is 0.0926. The highest BCUT2D eigenvalue weighted by Gasteiger charge is 2.41. The number of benzene rings is 7. The van der Waals surface area contributed by atoms with Crippen molar-refractivity contribution in [2.45, 2.75) is 0 Å². The van der Waals surface area contributed by atoms with E-state index in [0.717, 1.165) is 55.2 Å². The zero-order valence-electron chi connectivity index (χ0n) is 26.7. The van der Waals surface area contributed by atoms with E-state index in [-0.39, 0.29) is 11.8 Å². The summed E-state index contributed by atoms with van der Waals surface area (Å²) in [4.78, 5) is 31.0. The number of hydrogen-bond donors (Lipinski definition) is 0. The summed E-state index contributed by atoms with van der Waals surface area (Å²) in [6.45, 7) is 0. The fraction of sp³-hybridized carbons (Fsp3) is 0. The Balaban J connectivity index is 1.29. The molecule has 0 fully saturated rings. The molecule has 8 aromatic rings. The van der Waals surface area contributed by atoms with Gasteiger partial charge in [0.1, 0.15) is 0 Å². The molecule has 7 aromatic carbocycles.